The van der Waals surface area contributed by atoms with Gasteiger partial charge in [-0.25, -0.2) is 0 Å². The lowest BCUT2D eigenvalue weighted by Gasteiger charge is -2.59. The number of fused-ring (bicyclic) bond motifs is 1. The standard InChI is InChI=1S/C39H62N2O3/c1-11-16-35(4,5)19-21-37(8,17-15-33(43)41-23-12-13-24-41)22-20-36(6,7)39(10)18-14-31-29(3)34(44)30(27-40)26-38(31,9)32(39)25-28(2)42/h25-26,29,31H,11-24H2,1-10H3/b32-25-/t29-,31-,37-,38-,39+/m0/s1. The molecule has 3 aliphatic rings. The Hall–Kier alpha value is -2.22. The molecule has 1 saturated heterocycles. The van der Waals surface area contributed by atoms with Crippen LogP contribution in [0.1, 0.15) is 146 Å². The first-order chi connectivity index (χ1) is 20.3. The van der Waals surface area contributed by atoms with E-state index in [1.807, 2.05) is 19.1 Å². The Morgan fingerprint density at radius 2 is 1.64 bits per heavy atom. The summed E-state index contributed by atoms with van der Waals surface area (Å²) >= 11 is 0. The highest BCUT2D eigenvalue weighted by Crippen LogP contribution is 2.65. The molecule has 44 heavy (non-hydrogen) atoms. The Balaban J connectivity index is 1.93. The summed E-state index contributed by atoms with van der Waals surface area (Å²) in [6, 6.07) is 2.17. The summed E-state index contributed by atoms with van der Waals surface area (Å²) in [6.45, 7) is 24.0. The maximum absolute atomic E-state index is 13.1. The molecule has 5 atom stereocenters. The van der Waals surface area contributed by atoms with Gasteiger partial charge in [-0.2, -0.15) is 5.26 Å². The summed E-state index contributed by atoms with van der Waals surface area (Å²) in [4.78, 5) is 41.0. The fourth-order valence-corrected chi connectivity index (χ4v) is 8.97. The molecular weight excluding hydrogens is 544 g/mol. The van der Waals surface area contributed by atoms with Crippen molar-refractivity contribution in [3.63, 3.8) is 0 Å². The largest absolute Gasteiger partial charge is 0.343 e. The Morgan fingerprint density at radius 1 is 1.02 bits per heavy atom. The van der Waals surface area contributed by atoms with Gasteiger partial charge in [-0.05, 0) is 105 Å². The minimum absolute atomic E-state index is 0.0174. The Labute approximate surface area is 269 Å². The van der Waals surface area contributed by atoms with Crippen LogP contribution < -0.4 is 0 Å². The first kappa shape index (κ1) is 36.3. The number of carbonyl (C=O) groups excluding carboxylic acids is 3. The summed E-state index contributed by atoms with van der Waals surface area (Å²) in [5, 5.41) is 9.86. The van der Waals surface area contributed by atoms with Crippen molar-refractivity contribution in [2.45, 2.75) is 146 Å². The molecule has 0 radical (unpaired) electrons. The number of nitriles is 1. The van der Waals surface area contributed by atoms with Crippen molar-refractivity contribution in [3.8, 4) is 6.07 Å². The number of hydrogen-bond acceptors (Lipinski definition) is 4. The second kappa shape index (κ2) is 13.6. The SMILES string of the molecule is CCCC(C)(C)CC[C@](C)(CCC(=O)N1CCCC1)CCC(C)(C)[C@]1(C)CC[C@H]2[C@H](C)C(=O)C(C#N)=C[C@]2(C)/C1=C/C(C)=O. The lowest BCUT2D eigenvalue weighted by molar-refractivity contribution is -0.130. The molecule has 1 amide bonds. The molecule has 0 bridgehead atoms. The van der Waals surface area contributed by atoms with Crippen LogP contribution in [0.2, 0.25) is 0 Å². The van der Waals surface area contributed by atoms with E-state index in [9.17, 15) is 19.6 Å². The number of likely N-dealkylation sites (tertiary alicyclic amines) is 1. The molecular formula is C39H62N2O3. The van der Waals surface area contributed by atoms with Crippen LogP contribution in [0.25, 0.3) is 0 Å². The minimum atomic E-state index is -0.524. The quantitative estimate of drug-likeness (QED) is 0.196. The maximum Gasteiger partial charge on any atom is 0.222 e. The normalized spacial score (nSPS) is 30.0. The van der Waals surface area contributed by atoms with Crippen molar-refractivity contribution in [1.82, 2.24) is 4.90 Å². The lowest BCUT2D eigenvalue weighted by atomic mass is 9.44. The van der Waals surface area contributed by atoms with E-state index in [0.29, 0.717) is 12.3 Å². The highest BCUT2D eigenvalue weighted by atomic mass is 16.2. The van der Waals surface area contributed by atoms with Crippen molar-refractivity contribution >= 4 is 17.5 Å². The number of hydrogen-bond donors (Lipinski definition) is 0. The number of nitrogens with zero attached hydrogens (tertiary/aromatic N) is 2. The van der Waals surface area contributed by atoms with Crippen LogP contribution in [0.15, 0.2) is 23.3 Å². The fraction of sp³-hybridized carbons (Fsp3) is 0.795. The van der Waals surface area contributed by atoms with Crippen molar-refractivity contribution < 1.29 is 14.4 Å². The predicted molar refractivity (Wildman–Crippen MR) is 180 cm³/mol. The number of allylic oxidation sites excluding steroid dienone is 4. The summed E-state index contributed by atoms with van der Waals surface area (Å²) < 4.78 is 0. The zero-order valence-corrected chi connectivity index (χ0v) is 29.8. The molecule has 0 aromatic heterocycles. The van der Waals surface area contributed by atoms with E-state index in [0.717, 1.165) is 76.5 Å². The second-order valence-corrected chi connectivity index (χ2v) is 16.9. The number of carbonyl (C=O) groups is 3. The molecule has 246 valence electrons. The average molecular weight is 607 g/mol. The van der Waals surface area contributed by atoms with Gasteiger partial charge < -0.3 is 4.90 Å². The van der Waals surface area contributed by atoms with Crippen LogP contribution in [0, 0.1) is 50.2 Å². The topological polar surface area (TPSA) is 78.2 Å². The second-order valence-electron chi connectivity index (χ2n) is 16.9. The minimum Gasteiger partial charge on any atom is -0.343 e. The van der Waals surface area contributed by atoms with Gasteiger partial charge in [-0.1, -0.05) is 80.4 Å². The molecule has 0 unspecified atom stereocenters. The fourth-order valence-electron chi connectivity index (χ4n) is 8.97. The lowest BCUT2D eigenvalue weighted by Crippen LogP contribution is -2.52. The molecule has 0 aromatic rings. The van der Waals surface area contributed by atoms with E-state index < -0.39 is 5.41 Å². The first-order valence-electron chi connectivity index (χ1n) is 17.5. The molecule has 1 aliphatic heterocycles. The Bertz CT molecular complexity index is 1200. The Morgan fingerprint density at radius 3 is 2.20 bits per heavy atom. The Kier molecular flexibility index (Phi) is 11.2. The van der Waals surface area contributed by atoms with Crippen molar-refractivity contribution in [2.75, 3.05) is 13.1 Å². The van der Waals surface area contributed by atoms with E-state index in [1.165, 1.54) is 12.8 Å². The van der Waals surface area contributed by atoms with Crippen molar-refractivity contribution in [2.24, 2.45) is 38.9 Å². The van der Waals surface area contributed by atoms with Gasteiger partial charge in [0.25, 0.3) is 0 Å². The van der Waals surface area contributed by atoms with E-state index in [2.05, 4.69) is 66.4 Å². The third kappa shape index (κ3) is 7.59. The monoisotopic (exact) mass is 606 g/mol. The third-order valence-electron chi connectivity index (χ3n) is 12.7. The van der Waals surface area contributed by atoms with Gasteiger partial charge >= 0.3 is 0 Å². The molecule has 2 aliphatic carbocycles. The number of amides is 1. The van der Waals surface area contributed by atoms with E-state index >= 15 is 0 Å². The highest BCUT2D eigenvalue weighted by molar-refractivity contribution is 6.02. The summed E-state index contributed by atoms with van der Waals surface area (Å²) in [7, 11) is 0. The number of ketones is 2. The van der Waals surface area contributed by atoms with Gasteiger partial charge in [-0.15, -0.1) is 0 Å². The molecule has 1 heterocycles. The molecule has 0 spiro atoms. The third-order valence-corrected chi connectivity index (χ3v) is 12.7. The molecule has 3 rings (SSSR count). The summed E-state index contributed by atoms with van der Waals surface area (Å²) in [5.74, 6) is 0.0931. The van der Waals surface area contributed by atoms with E-state index in [4.69, 9.17) is 0 Å². The number of rotatable bonds is 13. The zero-order chi connectivity index (χ0) is 33.1. The summed E-state index contributed by atoms with van der Waals surface area (Å²) in [5.41, 5.74) is 0.685. The van der Waals surface area contributed by atoms with Crippen LogP contribution in [-0.4, -0.2) is 35.5 Å². The van der Waals surface area contributed by atoms with Crippen LogP contribution in [0.5, 0.6) is 0 Å². The van der Waals surface area contributed by atoms with Gasteiger partial charge in [0, 0.05) is 30.8 Å². The van der Waals surface area contributed by atoms with Crippen LogP contribution >= 0.6 is 0 Å². The van der Waals surface area contributed by atoms with Gasteiger partial charge in [0.05, 0.1) is 5.57 Å². The van der Waals surface area contributed by atoms with E-state index in [-0.39, 0.29) is 50.6 Å². The molecule has 1 saturated carbocycles. The van der Waals surface area contributed by atoms with Crippen molar-refractivity contribution in [3.05, 3.63) is 23.3 Å². The maximum atomic E-state index is 13.1. The molecule has 5 heteroatoms. The molecule has 2 fully saturated rings. The zero-order valence-electron chi connectivity index (χ0n) is 29.8. The van der Waals surface area contributed by atoms with Gasteiger partial charge in [-0.3, -0.25) is 14.4 Å². The van der Waals surface area contributed by atoms with Crippen LogP contribution in [-0.2, 0) is 14.4 Å². The van der Waals surface area contributed by atoms with Crippen LogP contribution in [0.4, 0.5) is 0 Å². The van der Waals surface area contributed by atoms with Crippen molar-refractivity contribution in [1.29, 1.82) is 5.26 Å². The molecule has 0 N–H and O–H groups in total. The average Bonchev–Trinajstić information content (AvgIpc) is 3.49. The highest BCUT2D eigenvalue weighted by Gasteiger charge is 2.58. The van der Waals surface area contributed by atoms with Gasteiger partial charge in [0.2, 0.25) is 5.91 Å². The first-order valence-corrected chi connectivity index (χ1v) is 17.5. The molecule has 0 aromatic carbocycles. The smallest absolute Gasteiger partial charge is 0.222 e. The number of Topliss-reactive ketones (excluding diaryl/α,β-unsaturated/α-hetero) is 1. The van der Waals surface area contributed by atoms with Crippen LogP contribution in [0.3, 0.4) is 0 Å². The van der Waals surface area contributed by atoms with Gasteiger partial charge in [0.15, 0.2) is 11.6 Å². The summed E-state index contributed by atoms with van der Waals surface area (Å²) in [6.07, 6.45) is 15.9. The van der Waals surface area contributed by atoms with E-state index in [1.54, 1.807) is 6.92 Å². The predicted octanol–water partition coefficient (Wildman–Crippen LogP) is 9.41. The molecule has 5 nitrogen and oxygen atoms in total. The van der Waals surface area contributed by atoms with Gasteiger partial charge in [0.1, 0.15) is 6.07 Å².